The van der Waals surface area contributed by atoms with Gasteiger partial charge in [0, 0.05) is 19.0 Å². The van der Waals surface area contributed by atoms with E-state index in [9.17, 15) is 0 Å². The number of nitrogens with zero attached hydrogens (tertiary/aromatic N) is 2. The number of imidazole rings is 1. The molecule has 1 aliphatic rings. The minimum atomic E-state index is 0.349. The largest absolute Gasteiger partial charge is 0.348 e. The van der Waals surface area contributed by atoms with Crippen molar-refractivity contribution in [1.29, 1.82) is 0 Å². The molecule has 0 amide bonds. The third-order valence-electron chi connectivity index (χ3n) is 4.87. The van der Waals surface area contributed by atoms with Crippen LogP contribution in [0.4, 0.5) is 5.69 Å². The molecule has 26 heavy (non-hydrogen) atoms. The normalized spacial score (nSPS) is 17.5. The van der Waals surface area contributed by atoms with Crippen LogP contribution in [0.2, 0.25) is 5.02 Å². The molecule has 0 bridgehead atoms. The number of para-hydroxylation sites is 1. The number of hydrogen-bond acceptors (Lipinski definition) is 2. The van der Waals surface area contributed by atoms with Crippen LogP contribution >= 0.6 is 23.8 Å². The number of rotatable bonds is 2. The lowest BCUT2D eigenvalue weighted by Crippen LogP contribution is -2.41. The maximum absolute atomic E-state index is 6.23. The van der Waals surface area contributed by atoms with E-state index in [-0.39, 0.29) is 0 Å². The van der Waals surface area contributed by atoms with Crippen LogP contribution in [0.5, 0.6) is 0 Å². The molecule has 1 unspecified atom stereocenters. The minimum Gasteiger partial charge on any atom is -0.348 e. The van der Waals surface area contributed by atoms with Gasteiger partial charge in [-0.1, -0.05) is 29.8 Å². The summed E-state index contributed by atoms with van der Waals surface area (Å²) in [6.45, 7) is 3.91. The van der Waals surface area contributed by atoms with Crippen LogP contribution in [0, 0.1) is 6.92 Å². The van der Waals surface area contributed by atoms with Gasteiger partial charge in [0.15, 0.2) is 5.11 Å². The summed E-state index contributed by atoms with van der Waals surface area (Å²) in [6.07, 6.45) is 2.20. The lowest BCUT2D eigenvalue weighted by atomic mass is 9.98. The Balaban J connectivity index is 1.49. The van der Waals surface area contributed by atoms with Gasteiger partial charge in [-0.15, -0.1) is 0 Å². The minimum absolute atomic E-state index is 0.349. The first kappa shape index (κ1) is 17.3. The molecule has 1 aliphatic heterocycles. The second-order valence-electron chi connectivity index (χ2n) is 6.84. The van der Waals surface area contributed by atoms with Crippen LogP contribution in [-0.2, 0) is 0 Å². The zero-order valence-corrected chi connectivity index (χ0v) is 16.2. The average molecular weight is 385 g/mol. The zero-order chi connectivity index (χ0) is 18.1. The van der Waals surface area contributed by atoms with Gasteiger partial charge in [0.2, 0.25) is 0 Å². The predicted octanol–water partition coefficient (Wildman–Crippen LogP) is 5.10. The van der Waals surface area contributed by atoms with Crippen molar-refractivity contribution in [1.82, 2.24) is 14.9 Å². The Bertz CT molecular complexity index is 952. The molecule has 2 aromatic carbocycles. The van der Waals surface area contributed by atoms with E-state index >= 15 is 0 Å². The molecule has 0 spiro atoms. The second-order valence-corrected chi connectivity index (χ2v) is 7.63. The first-order valence-corrected chi connectivity index (χ1v) is 9.65. The summed E-state index contributed by atoms with van der Waals surface area (Å²) in [6, 6.07) is 14.0. The van der Waals surface area contributed by atoms with Gasteiger partial charge < -0.3 is 15.2 Å². The molecule has 2 N–H and O–H groups in total. The van der Waals surface area contributed by atoms with Crippen molar-refractivity contribution in [2.24, 2.45) is 0 Å². The summed E-state index contributed by atoms with van der Waals surface area (Å²) in [7, 11) is 0. The fourth-order valence-corrected chi connectivity index (χ4v) is 3.94. The predicted molar refractivity (Wildman–Crippen MR) is 112 cm³/mol. The fourth-order valence-electron chi connectivity index (χ4n) is 3.48. The van der Waals surface area contributed by atoms with E-state index in [1.165, 1.54) is 5.56 Å². The Morgan fingerprint density at radius 2 is 2.15 bits per heavy atom. The third kappa shape index (κ3) is 3.55. The van der Waals surface area contributed by atoms with E-state index in [4.69, 9.17) is 28.8 Å². The Hall–Kier alpha value is -2.11. The van der Waals surface area contributed by atoms with Crippen molar-refractivity contribution in [3.63, 3.8) is 0 Å². The molecule has 0 radical (unpaired) electrons. The van der Waals surface area contributed by atoms with Crippen molar-refractivity contribution < 1.29 is 0 Å². The van der Waals surface area contributed by atoms with Gasteiger partial charge in [-0.05, 0) is 61.8 Å². The quantitative estimate of drug-likeness (QED) is 0.603. The number of aryl methyl sites for hydroxylation is 1. The number of piperidine rings is 1. The highest BCUT2D eigenvalue weighted by molar-refractivity contribution is 7.80. The molecule has 1 aromatic heterocycles. The molecular formula is C20H21ClN4S. The Morgan fingerprint density at radius 1 is 1.31 bits per heavy atom. The molecule has 1 atom stereocenters. The van der Waals surface area contributed by atoms with E-state index in [2.05, 4.69) is 40.3 Å². The SMILES string of the molecule is Cc1ccc2nc(C3CCCN(C(=S)Nc4ccccc4Cl)C3)[nH]c2c1. The van der Waals surface area contributed by atoms with E-state index in [1.807, 2.05) is 24.3 Å². The molecule has 2 heterocycles. The standard InChI is InChI=1S/C20H21ClN4S/c1-13-8-9-17-18(11-13)23-19(22-17)14-5-4-10-25(12-14)20(26)24-16-7-3-2-6-15(16)21/h2-3,6-9,11,14H,4-5,10,12H2,1H3,(H,22,23)(H,24,26). The van der Waals surface area contributed by atoms with Crippen molar-refractivity contribution in [3.05, 3.63) is 58.9 Å². The molecule has 4 nitrogen and oxygen atoms in total. The Morgan fingerprint density at radius 3 is 3.00 bits per heavy atom. The summed E-state index contributed by atoms with van der Waals surface area (Å²) in [4.78, 5) is 10.5. The number of H-pyrrole nitrogens is 1. The van der Waals surface area contributed by atoms with Crippen LogP contribution in [-0.4, -0.2) is 33.1 Å². The van der Waals surface area contributed by atoms with Crippen LogP contribution < -0.4 is 5.32 Å². The van der Waals surface area contributed by atoms with Gasteiger partial charge in [0.05, 0.1) is 21.7 Å². The molecule has 0 aliphatic carbocycles. The molecule has 1 saturated heterocycles. The molecular weight excluding hydrogens is 364 g/mol. The monoisotopic (exact) mass is 384 g/mol. The molecule has 1 fully saturated rings. The van der Waals surface area contributed by atoms with Crippen molar-refractivity contribution in [2.75, 3.05) is 18.4 Å². The van der Waals surface area contributed by atoms with E-state index in [0.717, 1.165) is 53.6 Å². The summed E-state index contributed by atoms with van der Waals surface area (Å²) < 4.78 is 0. The van der Waals surface area contributed by atoms with Crippen molar-refractivity contribution in [2.45, 2.75) is 25.7 Å². The highest BCUT2D eigenvalue weighted by Gasteiger charge is 2.25. The van der Waals surface area contributed by atoms with Gasteiger partial charge in [-0.25, -0.2) is 4.98 Å². The maximum Gasteiger partial charge on any atom is 0.173 e. The first-order chi connectivity index (χ1) is 12.6. The number of aromatic nitrogens is 2. The topological polar surface area (TPSA) is 44.0 Å². The van der Waals surface area contributed by atoms with Gasteiger partial charge in [0.1, 0.15) is 5.82 Å². The van der Waals surface area contributed by atoms with Crippen LogP contribution in [0.25, 0.3) is 11.0 Å². The fraction of sp³-hybridized carbons (Fsp3) is 0.300. The van der Waals surface area contributed by atoms with Crippen molar-refractivity contribution >= 4 is 45.7 Å². The molecule has 134 valence electrons. The van der Waals surface area contributed by atoms with Gasteiger partial charge in [-0.2, -0.15) is 0 Å². The number of halogens is 1. The molecule has 0 saturated carbocycles. The number of anilines is 1. The third-order valence-corrected chi connectivity index (χ3v) is 5.56. The van der Waals surface area contributed by atoms with Crippen LogP contribution in [0.1, 0.15) is 30.1 Å². The Labute approximate surface area is 163 Å². The highest BCUT2D eigenvalue weighted by Crippen LogP contribution is 2.28. The number of likely N-dealkylation sites (tertiary alicyclic amines) is 1. The zero-order valence-electron chi connectivity index (χ0n) is 14.6. The van der Waals surface area contributed by atoms with Gasteiger partial charge in [-0.3, -0.25) is 0 Å². The van der Waals surface area contributed by atoms with Gasteiger partial charge >= 0.3 is 0 Å². The van der Waals surface area contributed by atoms with E-state index < -0.39 is 0 Å². The smallest absolute Gasteiger partial charge is 0.173 e. The lowest BCUT2D eigenvalue weighted by molar-refractivity contribution is 0.307. The summed E-state index contributed by atoms with van der Waals surface area (Å²) in [5.41, 5.74) is 4.22. The van der Waals surface area contributed by atoms with E-state index in [1.54, 1.807) is 0 Å². The molecule has 3 aromatic rings. The number of aromatic amines is 1. The second kappa shape index (κ2) is 7.25. The van der Waals surface area contributed by atoms with E-state index in [0.29, 0.717) is 10.9 Å². The summed E-state index contributed by atoms with van der Waals surface area (Å²) in [5.74, 6) is 1.40. The molecule has 6 heteroatoms. The average Bonchev–Trinajstić information content (AvgIpc) is 3.07. The maximum atomic E-state index is 6.23. The van der Waals surface area contributed by atoms with Gasteiger partial charge in [0.25, 0.3) is 0 Å². The number of thiocarbonyl (C=S) groups is 1. The summed E-state index contributed by atoms with van der Waals surface area (Å²) >= 11 is 11.9. The number of benzene rings is 2. The summed E-state index contributed by atoms with van der Waals surface area (Å²) in [5, 5.41) is 4.68. The first-order valence-electron chi connectivity index (χ1n) is 8.87. The number of nitrogens with one attached hydrogen (secondary N) is 2. The number of hydrogen-bond donors (Lipinski definition) is 2. The Kier molecular flexibility index (Phi) is 4.83. The van der Waals surface area contributed by atoms with Crippen LogP contribution in [0.15, 0.2) is 42.5 Å². The van der Waals surface area contributed by atoms with Crippen molar-refractivity contribution in [3.8, 4) is 0 Å². The van der Waals surface area contributed by atoms with Crippen LogP contribution in [0.3, 0.4) is 0 Å². The highest BCUT2D eigenvalue weighted by atomic mass is 35.5. The number of fused-ring (bicyclic) bond motifs is 1. The molecule has 4 rings (SSSR count). The lowest BCUT2D eigenvalue weighted by Gasteiger charge is -2.34.